The molecule has 0 saturated heterocycles. The van der Waals surface area contributed by atoms with Crippen LogP contribution in [0, 0.1) is 0 Å². The predicted octanol–water partition coefficient (Wildman–Crippen LogP) is 2.30. The fraction of sp³-hybridized carbons (Fsp3) is 0.400. The smallest absolute Gasteiger partial charge is 0.0475 e. The highest BCUT2D eigenvalue weighted by Gasteiger charge is 2.01. The first-order valence-electron chi connectivity index (χ1n) is 4.45. The maximum atomic E-state index is 5.58. The SMILES string of the molecule is CCSc1cc(CN)ccc1NC. The van der Waals surface area contributed by atoms with Gasteiger partial charge in [0.25, 0.3) is 0 Å². The Kier molecular flexibility index (Phi) is 4.12. The first-order valence-corrected chi connectivity index (χ1v) is 5.44. The number of hydrogen-bond donors (Lipinski definition) is 2. The van der Waals surface area contributed by atoms with E-state index in [-0.39, 0.29) is 0 Å². The lowest BCUT2D eigenvalue weighted by Crippen LogP contribution is -1.98. The van der Waals surface area contributed by atoms with Crippen LogP contribution in [-0.2, 0) is 6.54 Å². The van der Waals surface area contributed by atoms with Gasteiger partial charge in [-0.3, -0.25) is 0 Å². The van der Waals surface area contributed by atoms with E-state index >= 15 is 0 Å². The molecule has 1 rings (SSSR count). The number of nitrogens with two attached hydrogens (primary N) is 1. The van der Waals surface area contributed by atoms with Gasteiger partial charge >= 0.3 is 0 Å². The van der Waals surface area contributed by atoms with Gasteiger partial charge in [0.05, 0.1) is 0 Å². The van der Waals surface area contributed by atoms with Crippen LogP contribution >= 0.6 is 11.8 Å². The molecule has 2 nitrogen and oxygen atoms in total. The molecule has 3 N–H and O–H groups in total. The van der Waals surface area contributed by atoms with Crippen molar-refractivity contribution in [2.75, 3.05) is 18.1 Å². The van der Waals surface area contributed by atoms with Gasteiger partial charge in [-0.2, -0.15) is 0 Å². The molecule has 0 amide bonds. The standard InChI is InChI=1S/C10H16N2S/c1-3-13-10-6-8(7-11)4-5-9(10)12-2/h4-6,12H,3,7,11H2,1-2H3. The topological polar surface area (TPSA) is 38.0 Å². The van der Waals surface area contributed by atoms with E-state index < -0.39 is 0 Å². The molecule has 1 aromatic carbocycles. The summed E-state index contributed by atoms with van der Waals surface area (Å²) in [4.78, 5) is 1.29. The minimum Gasteiger partial charge on any atom is -0.387 e. The average molecular weight is 196 g/mol. The van der Waals surface area contributed by atoms with Crippen LogP contribution < -0.4 is 11.1 Å². The van der Waals surface area contributed by atoms with Crippen molar-refractivity contribution >= 4 is 17.4 Å². The van der Waals surface area contributed by atoms with Crippen molar-refractivity contribution < 1.29 is 0 Å². The van der Waals surface area contributed by atoms with E-state index in [0.29, 0.717) is 6.54 Å². The van der Waals surface area contributed by atoms with Crippen LogP contribution in [0.15, 0.2) is 23.1 Å². The Hall–Kier alpha value is -0.670. The van der Waals surface area contributed by atoms with Crippen molar-refractivity contribution in [1.82, 2.24) is 0 Å². The second kappa shape index (κ2) is 5.14. The second-order valence-electron chi connectivity index (χ2n) is 2.72. The molecule has 0 aliphatic heterocycles. The van der Waals surface area contributed by atoms with Gasteiger partial charge in [-0.1, -0.05) is 13.0 Å². The Bertz CT molecular complexity index is 274. The normalized spacial score (nSPS) is 10.1. The van der Waals surface area contributed by atoms with Gasteiger partial charge in [0, 0.05) is 24.2 Å². The van der Waals surface area contributed by atoms with Gasteiger partial charge in [0.15, 0.2) is 0 Å². The van der Waals surface area contributed by atoms with E-state index in [2.05, 4.69) is 30.4 Å². The molecule has 0 heterocycles. The molecule has 0 spiro atoms. The molecule has 0 atom stereocenters. The quantitative estimate of drug-likeness (QED) is 0.726. The van der Waals surface area contributed by atoms with Crippen LogP contribution in [0.2, 0.25) is 0 Å². The van der Waals surface area contributed by atoms with E-state index in [9.17, 15) is 0 Å². The Balaban J connectivity index is 2.95. The Morgan fingerprint density at radius 3 is 2.77 bits per heavy atom. The molecule has 0 aliphatic rings. The van der Waals surface area contributed by atoms with Crippen LogP contribution in [0.4, 0.5) is 5.69 Å². The average Bonchev–Trinajstić information content (AvgIpc) is 2.18. The van der Waals surface area contributed by atoms with Crippen molar-refractivity contribution in [3.05, 3.63) is 23.8 Å². The lowest BCUT2D eigenvalue weighted by molar-refractivity contribution is 1.06. The third-order valence-corrected chi connectivity index (χ3v) is 2.79. The minimum absolute atomic E-state index is 0.612. The van der Waals surface area contributed by atoms with Gasteiger partial charge in [-0.25, -0.2) is 0 Å². The summed E-state index contributed by atoms with van der Waals surface area (Å²) in [6.45, 7) is 2.76. The van der Waals surface area contributed by atoms with E-state index in [0.717, 1.165) is 5.75 Å². The van der Waals surface area contributed by atoms with Gasteiger partial charge < -0.3 is 11.1 Å². The molecule has 0 saturated carbocycles. The zero-order valence-electron chi connectivity index (χ0n) is 8.13. The third-order valence-electron chi connectivity index (χ3n) is 1.85. The minimum atomic E-state index is 0.612. The summed E-state index contributed by atoms with van der Waals surface area (Å²) >= 11 is 1.84. The monoisotopic (exact) mass is 196 g/mol. The summed E-state index contributed by atoms with van der Waals surface area (Å²) in [5.41, 5.74) is 7.95. The fourth-order valence-corrected chi connectivity index (χ4v) is 2.05. The predicted molar refractivity (Wildman–Crippen MR) is 60.3 cm³/mol. The molecule has 1 aromatic rings. The number of rotatable bonds is 4. The maximum absolute atomic E-state index is 5.58. The molecule has 0 aliphatic carbocycles. The van der Waals surface area contributed by atoms with Gasteiger partial charge in [0.2, 0.25) is 0 Å². The lowest BCUT2D eigenvalue weighted by Gasteiger charge is -2.09. The summed E-state index contributed by atoms with van der Waals surface area (Å²) in [5, 5.41) is 3.17. The van der Waals surface area contributed by atoms with E-state index in [4.69, 9.17) is 5.73 Å². The highest BCUT2D eigenvalue weighted by molar-refractivity contribution is 7.99. The van der Waals surface area contributed by atoms with E-state index in [1.165, 1.54) is 16.1 Å². The molecule has 0 aromatic heterocycles. The van der Waals surface area contributed by atoms with Gasteiger partial charge in [0.1, 0.15) is 0 Å². The van der Waals surface area contributed by atoms with Crippen molar-refractivity contribution in [3.63, 3.8) is 0 Å². The van der Waals surface area contributed by atoms with Crippen molar-refractivity contribution in [2.45, 2.75) is 18.4 Å². The van der Waals surface area contributed by atoms with Crippen molar-refractivity contribution in [2.24, 2.45) is 5.73 Å². The van der Waals surface area contributed by atoms with Crippen LogP contribution in [0.1, 0.15) is 12.5 Å². The van der Waals surface area contributed by atoms with Crippen molar-refractivity contribution in [3.8, 4) is 0 Å². The first kappa shape index (κ1) is 10.4. The summed E-state index contributed by atoms with van der Waals surface area (Å²) in [7, 11) is 1.94. The number of nitrogens with one attached hydrogen (secondary N) is 1. The molecular formula is C10H16N2S. The third kappa shape index (κ3) is 2.64. The van der Waals surface area contributed by atoms with Gasteiger partial charge in [-0.15, -0.1) is 11.8 Å². The Morgan fingerprint density at radius 2 is 2.23 bits per heavy atom. The van der Waals surface area contributed by atoms with E-state index in [1.54, 1.807) is 0 Å². The van der Waals surface area contributed by atoms with Crippen LogP contribution in [-0.4, -0.2) is 12.8 Å². The number of anilines is 1. The lowest BCUT2D eigenvalue weighted by atomic mass is 10.2. The molecule has 13 heavy (non-hydrogen) atoms. The van der Waals surface area contributed by atoms with Crippen LogP contribution in [0.3, 0.4) is 0 Å². The molecular weight excluding hydrogens is 180 g/mol. The largest absolute Gasteiger partial charge is 0.387 e. The Labute approximate surface area is 83.9 Å². The second-order valence-corrected chi connectivity index (χ2v) is 4.02. The number of hydrogen-bond acceptors (Lipinski definition) is 3. The molecule has 0 radical (unpaired) electrons. The van der Waals surface area contributed by atoms with Crippen molar-refractivity contribution in [1.29, 1.82) is 0 Å². The van der Waals surface area contributed by atoms with Gasteiger partial charge in [-0.05, 0) is 23.4 Å². The molecule has 3 heteroatoms. The van der Waals surface area contributed by atoms with Crippen LogP contribution in [0.25, 0.3) is 0 Å². The zero-order valence-corrected chi connectivity index (χ0v) is 8.95. The summed E-state index contributed by atoms with van der Waals surface area (Å²) in [6.07, 6.45) is 0. The number of benzene rings is 1. The highest BCUT2D eigenvalue weighted by Crippen LogP contribution is 2.27. The summed E-state index contributed by atoms with van der Waals surface area (Å²) in [6, 6.07) is 6.30. The highest BCUT2D eigenvalue weighted by atomic mass is 32.2. The summed E-state index contributed by atoms with van der Waals surface area (Å²) in [5.74, 6) is 1.09. The van der Waals surface area contributed by atoms with E-state index in [1.807, 2.05) is 18.8 Å². The first-order chi connectivity index (χ1) is 6.31. The summed E-state index contributed by atoms with van der Waals surface area (Å²) < 4.78 is 0. The van der Waals surface area contributed by atoms with Crippen LogP contribution in [0.5, 0.6) is 0 Å². The molecule has 0 bridgehead atoms. The Morgan fingerprint density at radius 1 is 1.46 bits per heavy atom. The molecule has 0 unspecified atom stereocenters. The zero-order chi connectivity index (χ0) is 9.68. The molecule has 0 fully saturated rings. The number of thioether (sulfide) groups is 1. The maximum Gasteiger partial charge on any atom is 0.0475 e. The molecule has 72 valence electrons. The fourth-order valence-electron chi connectivity index (χ4n) is 1.18.